The highest BCUT2D eigenvalue weighted by atomic mass is 32.1. The van der Waals surface area contributed by atoms with Gasteiger partial charge in [-0.05, 0) is 86.6 Å². The lowest BCUT2D eigenvalue weighted by molar-refractivity contribution is -0.157. The molecular formula is C49H66N6O8S. The molecule has 1 aliphatic carbocycles. The van der Waals surface area contributed by atoms with E-state index in [0.29, 0.717) is 63.8 Å². The van der Waals surface area contributed by atoms with Crippen molar-refractivity contribution < 1.29 is 38.1 Å². The summed E-state index contributed by atoms with van der Waals surface area (Å²) >= 11 is 1.42. The smallest absolute Gasteiger partial charge is 0.324 e. The van der Waals surface area contributed by atoms with Crippen LogP contribution in [-0.2, 0) is 51.0 Å². The number of carbonyl (C=O) groups is 3. The Balaban J connectivity index is 1.28. The number of methoxy groups -OCH3 is 1. The molecule has 3 aromatic heterocycles. The molecule has 0 radical (unpaired) electrons. The van der Waals surface area contributed by atoms with Crippen molar-refractivity contribution in [3.8, 4) is 22.5 Å². The molecule has 1 saturated carbocycles. The largest absolute Gasteiger partial charge is 0.464 e. The minimum atomic E-state index is -1.09. The van der Waals surface area contributed by atoms with Crippen LogP contribution < -0.4 is 10.7 Å². The Labute approximate surface area is 381 Å². The van der Waals surface area contributed by atoms with Crippen LogP contribution in [0.3, 0.4) is 0 Å². The first-order valence-electron chi connectivity index (χ1n) is 23.2. The molecule has 3 fully saturated rings. The van der Waals surface area contributed by atoms with Gasteiger partial charge in [0.15, 0.2) is 0 Å². The van der Waals surface area contributed by atoms with Gasteiger partial charge >= 0.3 is 5.97 Å². The number of cyclic esters (lactones) is 1. The van der Waals surface area contributed by atoms with Crippen molar-refractivity contribution in [3.05, 3.63) is 58.2 Å². The molecule has 6 bridgehead atoms. The van der Waals surface area contributed by atoms with E-state index in [9.17, 15) is 14.4 Å². The van der Waals surface area contributed by atoms with Gasteiger partial charge in [0, 0.05) is 85.0 Å². The second kappa shape index (κ2) is 19.7. The summed E-state index contributed by atoms with van der Waals surface area (Å²) in [6.45, 7) is 17.8. The summed E-state index contributed by atoms with van der Waals surface area (Å²) in [6.07, 6.45) is 4.15. The molecule has 4 aliphatic rings. The number of thiazole rings is 1. The maximum atomic E-state index is 14.8. The van der Waals surface area contributed by atoms with Gasteiger partial charge in [-0.1, -0.05) is 47.6 Å². The molecule has 2 N–H and O–H groups in total. The monoisotopic (exact) mass is 898 g/mol. The number of pyridine rings is 1. The van der Waals surface area contributed by atoms with Crippen LogP contribution in [0.25, 0.3) is 33.4 Å². The molecular weight excluding hydrogens is 833 g/mol. The predicted molar refractivity (Wildman–Crippen MR) is 245 cm³/mol. The van der Waals surface area contributed by atoms with Crippen molar-refractivity contribution in [2.24, 2.45) is 29.1 Å². The van der Waals surface area contributed by atoms with Crippen LogP contribution in [0, 0.1) is 29.1 Å². The number of nitrogens with zero attached hydrogens (tertiary/aromatic N) is 4. The van der Waals surface area contributed by atoms with E-state index >= 15 is 0 Å². The number of hydrogen-bond donors (Lipinski definition) is 2. The molecule has 7 atom stereocenters. The topological polar surface area (TPSA) is 155 Å². The molecule has 346 valence electrons. The number of nitrogens with one attached hydrogen (secondary N) is 2. The summed E-state index contributed by atoms with van der Waals surface area (Å²) in [5.41, 5.74) is 9.25. The van der Waals surface area contributed by atoms with Crippen LogP contribution in [-0.4, -0.2) is 102 Å². The van der Waals surface area contributed by atoms with E-state index in [1.165, 1.54) is 16.3 Å². The summed E-state index contributed by atoms with van der Waals surface area (Å²) in [4.78, 5) is 52.8. The van der Waals surface area contributed by atoms with Crippen LogP contribution >= 0.6 is 11.3 Å². The number of benzene rings is 1. The van der Waals surface area contributed by atoms with Crippen molar-refractivity contribution in [2.75, 3.05) is 46.7 Å². The van der Waals surface area contributed by atoms with Gasteiger partial charge in [0.25, 0.3) is 5.91 Å². The number of hydrogen-bond acceptors (Lipinski definition) is 12. The first kappa shape index (κ1) is 46.3. The normalized spacial score (nSPS) is 25.9. The van der Waals surface area contributed by atoms with Crippen LogP contribution in [0.4, 0.5) is 0 Å². The Morgan fingerprint density at radius 2 is 1.86 bits per heavy atom. The predicted octanol–water partition coefficient (Wildman–Crippen LogP) is 7.45. The van der Waals surface area contributed by atoms with Crippen molar-refractivity contribution in [1.82, 2.24) is 30.3 Å². The van der Waals surface area contributed by atoms with Gasteiger partial charge in [0.2, 0.25) is 5.91 Å². The third-order valence-electron chi connectivity index (χ3n) is 13.5. The fraction of sp³-hybridized carbons (Fsp3) is 0.612. The highest BCUT2D eigenvalue weighted by molar-refractivity contribution is 7.10. The Morgan fingerprint density at radius 1 is 1.08 bits per heavy atom. The first-order chi connectivity index (χ1) is 30.7. The van der Waals surface area contributed by atoms with Gasteiger partial charge in [0.1, 0.15) is 23.2 Å². The third kappa shape index (κ3) is 9.95. The van der Waals surface area contributed by atoms with Gasteiger partial charge < -0.3 is 33.6 Å². The number of carbonyl (C=O) groups excluding carboxylic acids is 3. The number of aromatic nitrogens is 3. The highest BCUT2D eigenvalue weighted by Gasteiger charge is 2.50. The van der Waals surface area contributed by atoms with E-state index in [1.807, 2.05) is 18.4 Å². The SMILES string of the molecule is CO[C@@H](C)c1ncccc1-c1c2c3cc(ccc3n1CCOC1CCOCC1)-c1csc(n1)[C@@H](OCC(C)C)[C@H](NC(=O)C1[C@@H](C)[C@H]1C)C(=O)N1CCC[C@H](N1)C(=O)OCC(C)(C)C2. The lowest BCUT2D eigenvalue weighted by Crippen LogP contribution is -2.61. The van der Waals surface area contributed by atoms with E-state index in [2.05, 4.69) is 81.1 Å². The van der Waals surface area contributed by atoms with Crippen LogP contribution in [0.2, 0.25) is 0 Å². The molecule has 4 aromatic rings. The Bertz CT molecular complexity index is 2290. The second-order valence-corrected chi connectivity index (χ2v) is 20.3. The fourth-order valence-electron chi connectivity index (χ4n) is 9.50. The first-order valence-corrected chi connectivity index (χ1v) is 24.1. The Kier molecular flexibility index (Phi) is 14.2. The van der Waals surface area contributed by atoms with Crippen molar-refractivity contribution in [1.29, 1.82) is 0 Å². The summed E-state index contributed by atoms with van der Waals surface area (Å²) in [5.74, 6) is -0.636. The van der Waals surface area contributed by atoms with Crippen molar-refractivity contribution in [2.45, 2.75) is 118 Å². The second-order valence-electron chi connectivity index (χ2n) is 19.4. The van der Waals surface area contributed by atoms with Crippen molar-refractivity contribution >= 4 is 40.0 Å². The summed E-state index contributed by atoms with van der Waals surface area (Å²) in [5, 5.41) is 8.24. The van der Waals surface area contributed by atoms with E-state index in [4.69, 9.17) is 33.7 Å². The van der Waals surface area contributed by atoms with Gasteiger partial charge in [0.05, 0.1) is 42.5 Å². The molecule has 64 heavy (non-hydrogen) atoms. The number of esters is 1. The summed E-state index contributed by atoms with van der Waals surface area (Å²) < 4.78 is 33.2. The lowest BCUT2D eigenvalue weighted by atomic mass is 9.84. The maximum Gasteiger partial charge on any atom is 0.324 e. The number of ether oxygens (including phenoxy) is 5. The number of amides is 2. The minimum Gasteiger partial charge on any atom is -0.464 e. The van der Waals surface area contributed by atoms with Crippen LogP contribution in [0.5, 0.6) is 0 Å². The maximum absolute atomic E-state index is 14.8. The average Bonchev–Trinajstić information content (AvgIpc) is 3.56. The molecule has 14 nitrogen and oxygen atoms in total. The van der Waals surface area contributed by atoms with E-state index < -0.39 is 29.6 Å². The molecule has 1 unspecified atom stereocenters. The van der Waals surface area contributed by atoms with E-state index in [0.717, 1.165) is 57.5 Å². The third-order valence-corrected chi connectivity index (χ3v) is 14.4. The molecule has 0 spiro atoms. The van der Waals surface area contributed by atoms with Gasteiger partial charge in [-0.25, -0.2) is 10.4 Å². The van der Waals surface area contributed by atoms with Gasteiger partial charge in [-0.3, -0.25) is 24.4 Å². The Morgan fingerprint density at radius 3 is 2.59 bits per heavy atom. The quantitative estimate of drug-likeness (QED) is 0.136. The lowest BCUT2D eigenvalue weighted by Gasteiger charge is -2.37. The molecule has 1 aromatic carbocycles. The molecule has 6 heterocycles. The van der Waals surface area contributed by atoms with Gasteiger partial charge in [-0.2, -0.15) is 0 Å². The molecule has 2 amide bonds. The summed E-state index contributed by atoms with van der Waals surface area (Å²) in [7, 11) is 1.70. The van der Waals surface area contributed by atoms with Crippen LogP contribution in [0.1, 0.15) is 103 Å². The minimum absolute atomic E-state index is 0.138. The summed E-state index contributed by atoms with van der Waals surface area (Å²) in [6, 6.07) is 8.69. The molecule has 15 heteroatoms. The van der Waals surface area contributed by atoms with E-state index in [1.54, 1.807) is 13.3 Å². The molecule has 3 aliphatic heterocycles. The number of fused-ring (bicyclic) bond motifs is 6. The van der Waals surface area contributed by atoms with E-state index in [-0.39, 0.29) is 54.3 Å². The zero-order chi connectivity index (χ0) is 45.3. The zero-order valence-electron chi connectivity index (χ0n) is 38.7. The zero-order valence-corrected chi connectivity index (χ0v) is 39.5. The number of hydrazine groups is 1. The number of rotatable bonds is 12. The molecule has 2 saturated heterocycles. The fourth-order valence-corrected chi connectivity index (χ4v) is 10.4. The Hall–Kier alpha value is -4.25. The standard InChI is InChI=1S/C49H66N6O8S/c1-28(2)25-62-44-42(52-45(56)40-29(3)30(40)4)47(57)55-18-10-12-37(53-55)48(58)63-27-49(6,7)24-36-35-23-32(38-26-64-46(44)51-38)13-14-39(35)54(19-22-61-33-15-20-60-21-16-33)43(36)34-11-9-17-50-41(34)31(5)59-8/h9,11,13-14,17,23,26,28-31,33,37,40,42,44,53H,10,12,15-16,18-22,24-25,27H2,1-8H3,(H,52,56)/t29-,30+,31-,37-,40?,42-,44-/m0/s1. The molecule has 8 rings (SSSR count). The van der Waals surface area contributed by atoms with Crippen molar-refractivity contribution in [3.63, 3.8) is 0 Å². The highest BCUT2D eigenvalue weighted by Crippen LogP contribution is 2.46. The van der Waals surface area contributed by atoms with Crippen LogP contribution in [0.15, 0.2) is 41.9 Å². The average molecular weight is 899 g/mol. The van der Waals surface area contributed by atoms with Gasteiger partial charge in [-0.15, -0.1) is 11.3 Å².